The van der Waals surface area contributed by atoms with Gasteiger partial charge in [-0.2, -0.15) is 0 Å². The molecule has 3 aromatic carbocycles. The summed E-state index contributed by atoms with van der Waals surface area (Å²) in [6, 6.07) is 17.8. The van der Waals surface area contributed by atoms with Gasteiger partial charge in [-0.15, -0.1) is 0 Å². The average Bonchev–Trinajstić information content (AvgIpc) is 3.87. The van der Waals surface area contributed by atoms with Gasteiger partial charge < -0.3 is 23.8 Å². The zero-order valence-corrected chi connectivity index (χ0v) is 23.5. The highest BCUT2D eigenvalue weighted by molar-refractivity contribution is 6.07. The molecule has 3 aromatic rings. The molecule has 0 N–H and O–H groups in total. The predicted molar refractivity (Wildman–Crippen MR) is 152 cm³/mol. The molecular formula is C31H33N3O7. The maximum absolute atomic E-state index is 14.0. The molecule has 2 saturated carbocycles. The van der Waals surface area contributed by atoms with Crippen molar-refractivity contribution in [2.24, 2.45) is 5.92 Å². The van der Waals surface area contributed by atoms with E-state index in [-0.39, 0.29) is 23.2 Å². The van der Waals surface area contributed by atoms with Crippen LogP contribution in [0.2, 0.25) is 0 Å². The third-order valence-corrected chi connectivity index (χ3v) is 8.99. The Morgan fingerprint density at radius 2 is 1.56 bits per heavy atom. The van der Waals surface area contributed by atoms with E-state index in [1.54, 1.807) is 34.5 Å². The predicted octanol–water partition coefficient (Wildman–Crippen LogP) is 4.73. The first kappa shape index (κ1) is 26.9. The van der Waals surface area contributed by atoms with Crippen molar-refractivity contribution in [1.29, 1.82) is 0 Å². The van der Waals surface area contributed by atoms with E-state index in [1.165, 1.54) is 29.8 Å². The standard InChI is InChI=1S/C31H33N3O7/c1-38-25-11-5-19(15-27(25)40-3)13-14-32-29-17-24(23-18-31(23,29)32)33(22-10-12-26(39-2)28(16-22)41-4)30(35)20-6-8-21(9-7-20)34(36)37/h5-12,15-16,23-24,29H,13-14,17-18H2,1-4H3. The Labute approximate surface area is 238 Å². The van der Waals surface area contributed by atoms with Crippen LogP contribution in [-0.4, -0.2) is 68.3 Å². The lowest BCUT2D eigenvalue weighted by Crippen LogP contribution is -2.43. The fourth-order valence-corrected chi connectivity index (χ4v) is 6.91. The number of likely N-dealkylation sites (tertiary alicyclic amines) is 1. The second kappa shape index (κ2) is 10.3. The number of hydrogen-bond donors (Lipinski definition) is 0. The van der Waals surface area contributed by atoms with Crippen LogP contribution in [0, 0.1) is 16.0 Å². The summed E-state index contributed by atoms with van der Waals surface area (Å²) in [7, 11) is 6.43. The minimum Gasteiger partial charge on any atom is -0.493 e. The van der Waals surface area contributed by atoms with Crippen LogP contribution >= 0.6 is 0 Å². The maximum atomic E-state index is 14.0. The van der Waals surface area contributed by atoms with Crippen molar-refractivity contribution < 1.29 is 28.7 Å². The largest absolute Gasteiger partial charge is 0.493 e. The van der Waals surface area contributed by atoms with Gasteiger partial charge in [0.15, 0.2) is 23.0 Å². The number of non-ortho nitro benzene ring substituents is 1. The fraction of sp³-hybridized carbons (Fsp3) is 0.387. The van der Waals surface area contributed by atoms with Gasteiger partial charge in [0.25, 0.3) is 11.6 Å². The third-order valence-electron chi connectivity index (χ3n) is 8.99. The van der Waals surface area contributed by atoms with Gasteiger partial charge in [-0.1, -0.05) is 6.07 Å². The average molecular weight is 560 g/mol. The van der Waals surface area contributed by atoms with Gasteiger partial charge in [0.05, 0.1) is 33.4 Å². The molecule has 6 rings (SSSR count). The number of anilines is 1. The van der Waals surface area contributed by atoms with Crippen LogP contribution in [-0.2, 0) is 6.42 Å². The summed E-state index contributed by atoms with van der Waals surface area (Å²) in [6.07, 6.45) is 2.81. The molecule has 2 aliphatic carbocycles. The first-order valence-electron chi connectivity index (χ1n) is 13.6. The first-order valence-corrected chi connectivity index (χ1v) is 13.6. The van der Waals surface area contributed by atoms with Crippen molar-refractivity contribution in [2.45, 2.75) is 36.9 Å². The lowest BCUT2D eigenvalue weighted by molar-refractivity contribution is -0.384. The normalized spacial score (nSPS) is 25.0. The molecule has 1 saturated heterocycles. The summed E-state index contributed by atoms with van der Waals surface area (Å²) in [5.74, 6) is 2.74. The zero-order chi connectivity index (χ0) is 28.9. The Balaban J connectivity index is 1.22. The fourth-order valence-electron chi connectivity index (χ4n) is 6.91. The smallest absolute Gasteiger partial charge is 0.269 e. The molecule has 5 unspecified atom stereocenters. The molecule has 0 bridgehead atoms. The number of benzene rings is 3. The van der Waals surface area contributed by atoms with E-state index in [9.17, 15) is 14.9 Å². The topological polar surface area (TPSA) is 103 Å². The quantitative estimate of drug-likeness (QED) is 0.189. The van der Waals surface area contributed by atoms with Gasteiger partial charge in [-0.3, -0.25) is 19.8 Å². The monoisotopic (exact) mass is 559 g/mol. The number of carbonyl (C=O) groups is 1. The van der Waals surface area contributed by atoms with Crippen LogP contribution < -0.4 is 23.8 Å². The number of rotatable bonds is 11. The molecule has 3 fully saturated rings. The lowest BCUT2D eigenvalue weighted by Gasteiger charge is -2.32. The number of ether oxygens (including phenoxy) is 4. The molecule has 41 heavy (non-hydrogen) atoms. The summed E-state index contributed by atoms with van der Waals surface area (Å²) in [5, 5.41) is 11.2. The highest BCUT2D eigenvalue weighted by atomic mass is 16.6. The Hall–Kier alpha value is -4.31. The van der Waals surface area contributed by atoms with Gasteiger partial charge in [-0.25, -0.2) is 0 Å². The Morgan fingerprint density at radius 3 is 2.15 bits per heavy atom. The van der Waals surface area contributed by atoms with E-state index in [1.807, 2.05) is 29.2 Å². The summed E-state index contributed by atoms with van der Waals surface area (Å²) < 4.78 is 21.8. The summed E-state index contributed by atoms with van der Waals surface area (Å²) >= 11 is 0. The van der Waals surface area contributed by atoms with E-state index in [0.717, 1.165) is 43.0 Å². The van der Waals surface area contributed by atoms with Gasteiger partial charge >= 0.3 is 0 Å². The van der Waals surface area contributed by atoms with E-state index in [4.69, 9.17) is 18.9 Å². The lowest BCUT2D eigenvalue weighted by atomic mass is 10.0. The second-order valence-corrected chi connectivity index (χ2v) is 10.8. The molecule has 214 valence electrons. The van der Waals surface area contributed by atoms with Gasteiger partial charge in [0.2, 0.25) is 0 Å². The zero-order valence-electron chi connectivity index (χ0n) is 23.5. The number of nitrogens with zero attached hydrogens (tertiary/aromatic N) is 3. The van der Waals surface area contributed by atoms with E-state index in [0.29, 0.717) is 29.0 Å². The molecule has 1 heterocycles. The van der Waals surface area contributed by atoms with E-state index < -0.39 is 4.92 Å². The van der Waals surface area contributed by atoms with Crippen molar-refractivity contribution in [1.82, 2.24) is 4.90 Å². The maximum Gasteiger partial charge on any atom is 0.269 e. The highest BCUT2D eigenvalue weighted by Gasteiger charge is 2.83. The van der Waals surface area contributed by atoms with Crippen LogP contribution in [0.25, 0.3) is 0 Å². The molecule has 0 aromatic heterocycles. The Kier molecular flexibility index (Phi) is 6.73. The van der Waals surface area contributed by atoms with Crippen molar-refractivity contribution in [3.05, 3.63) is 81.9 Å². The minimum absolute atomic E-state index is 0.0122. The molecule has 1 aliphatic heterocycles. The van der Waals surface area contributed by atoms with Crippen molar-refractivity contribution in [3.63, 3.8) is 0 Å². The summed E-state index contributed by atoms with van der Waals surface area (Å²) in [5.41, 5.74) is 2.42. The number of amides is 1. The molecule has 0 radical (unpaired) electrons. The number of nitro benzene ring substituents is 1. The molecular weight excluding hydrogens is 526 g/mol. The van der Waals surface area contributed by atoms with E-state index >= 15 is 0 Å². The Bertz CT molecular complexity index is 1490. The molecule has 1 spiro atoms. The van der Waals surface area contributed by atoms with E-state index in [2.05, 4.69) is 11.0 Å². The SMILES string of the molecule is COc1ccc(CCN2C3CC(N(C(=O)c4ccc([N+](=O)[O-])cc4)c4ccc(OC)c(OC)c4)C4CC432)cc1OC. The van der Waals surface area contributed by atoms with Crippen LogP contribution in [0.5, 0.6) is 23.0 Å². The molecule has 10 nitrogen and oxygen atoms in total. The number of nitro groups is 1. The highest BCUT2D eigenvalue weighted by Crippen LogP contribution is 2.73. The van der Waals surface area contributed by atoms with Crippen LogP contribution in [0.1, 0.15) is 28.8 Å². The van der Waals surface area contributed by atoms with Crippen LogP contribution in [0.3, 0.4) is 0 Å². The first-order chi connectivity index (χ1) is 19.9. The van der Waals surface area contributed by atoms with Crippen molar-refractivity contribution in [2.75, 3.05) is 39.9 Å². The number of methoxy groups -OCH3 is 4. The second-order valence-electron chi connectivity index (χ2n) is 10.8. The van der Waals surface area contributed by atoms with Crippen molar-refractivity contribution in [3.8, 4) is 23.0 Å². The molecule has 3 aliphatic rings. The van der Waals surface area contributed by atoms with Crippen LogP contribution in [0.4, 0.5) is 11.4 Å². The van der Waals surface area contributed by atoms with Gasteiger partial charge in [0, 0.05) is 59.5 Å². The molecule has 5 atom stereocenters. The van der Waals surface area contributed by atoms with Crippen LogP contribution in [0.15, 0.2) is 60.7 Å². The summed E-state index contributed by atoms with van der Waals surface area (Å²) in [6.45, 7) is 0.941. The van der Waals surface area contributed by atoms with Gasteiger partial charge in [0.1, 0.15) is 0 Å². The Morgan fingerprint density at radius 1 is 0.927 bits per heavy atom. The summed E-state index contributed by atoms with van der Waals surface area (Å²) in [4.78, 5) is 29.2. The minimum atomic E-state index is -0.463. The number of hydrogen-bond acceptors (Lipinski definition) is 8. The number of carbonyl (C=O) groups excluding carboxylic acids is 1. The third kappa shape index (κ3) is 4.42. The van der Waals surface area contributed by atoms with Gasteiger partial charge in [-0.05, 0) is 61.2 Å². The number of piperidine rings is 1. The molecule has 1 amide bonds. The molecule has 10 heteroatoms. The van der Waals surface area contributed by atoms with Crippen molar-refractivity contribution >= 4 is 17.3 Å².